The molecule has 0 aliphatic carbocycles. The number of aryl methyl sites for hydroxylation is 1. The lowest BCUT2D eigenvalue weighted by molar-refractivity contribution is -0.119. The molecule has 3 aromatic rings. The zero-order valence-electron chi connectivity index (χ0n) is 20.2. The number of carbonyl (C=O) groups is 2. The van der Waals surface area contributed by atoms with Crippen LogP contribution in [-0.4, -0.2) is 47.9 Å². The summed E-state index contributed by atoms with van der Waals surface area (Å²) in [5.74, 6) is 0.604. The number of amides is 2. The van der Waals surface area contributed by atoms with Crippen LogP contribution in [0, 0.1) is 12.8 Å². The van der Waals surface area contributed by atoms with Crippen molar-refractivity contribution < 1.29 is 9.59 Å². The maximum Gasteiger partial charge on any atom is 0.253 e. The largest absolute Gasteiger partial charge is 0.369 e. The summed E-state index contributed by atoms with van der Waals surface area (Å²) in [5.41, 5.74) is 4.98. The quantitative estimate of drug-likeness (QED) is 0.580. The molecule has 2 aliphatic heterocycles. The Balaban J connectivity index is 1.13. The Morgan fingerprint density at radius 2 is 1.63 bits per heavy atom. The zero-order chi connectivity index (χ0) is 24.2. The zero-order valence-corrected chi connectivity index (χ0v) is 20.2. The Labute approximate surface area is 207 Å². The number of carbonyl (C=O) groups excluding carboxylic acids is 2. The highest BCUT2D eigenvalue weighted by molar-refractivity contribution is 5.94. The molecular weight excluding hydrogens is 436 g/mol. The molecule has 5 rings (SSSR count). The maximum atomic E-state index is 12.9. The molecule has 0 spiro atoms. The number of nitrogens with one attached hydrogen (secondary N) is 1. The van der Waals surface area contributed by atoms with Gasteiger partial charge in [0.05, 0.1) is 17.3 Å². The second-order valence-corrected chi connectivity index (χ2v) is 9.58. The summed E-state index contributed by atoms with van der Waals surface area (Å²) < 4.78 is 0. The maximum absolute atomic E-state index is 12.9. The van der Waals surface area contributed by atoms with Gasteiger partial charge >= 0.3 is 0 Å². The van der Waals surface area contributed by atoms with Crippen LogP contribution in [0.25, 0.3) is 0 Å². The molecule has 6 heteroatoms. The third-order valence-corrected chi connectivity index (χ3v) is 7.33. The van der Waals surface area contributed by atoms with E-state index in [0.717, 1.165) is 68.1 Å². The molecule has 180 valence electrons. The first-order valence-electron chi connectivity index (χ1n) is 12.5. The van der Waals surface area contributed by atoms with E-state index in [0.29, 0.717) is 5.92 Å². The van der Waals surface area contributed by atoms with Crippen LogP contribution in [0.15, 0.2) is 72.9 Å². The third-order valence-electron chi connectivity index (χ3n) is 7.33. The van der Waals surface area contributed by atoms with Crippen molar-refractivity contribution in [3.63, 3.8) is 0 Å². The van der Waals surface area contributed by atoms with Gasteiger partial charge in [-0.25, -0.2) is 0 Å². The molecule has 3 heterocycles. The number of hydrogen-bond donors (Lipinski definition) is 1. The molecule has 2 aromatic carbocycles. The van der Waals surface area contributed by atoms with Gasteiger partial charge in [0.25, 0.3) is 5.91 Å². The summed E-state index contributed by atoms with van der Waals surface area (Å²) >= 11 is 0. The molecule has 2 saturated heterocycles. The minimum absolute atomic E-state index is 0.0271. The van der Waals surface area contributed by atoms with Crippen molar-refractivity contribution in [2.45, 2.75) is 32.1 Å². The SMILES string of the molecule is Cc1ncccc1N1CCC(C(=O)Nc2ccc(C3CCN(C(=O)c4ccccc4)CC3)cc2)C1. The first-order chi connectivity index (χ1) is 17.1. The molecule has 1 unspecified atom stereocenters. The highest BCUT2D eigenvalue weighted by Crippen LogP contribution is 2.30. The number of pyridine rings is 1. The number of anilines is 2. The normalized spacial score (nSPS) is 18.5. The van der Waals surface area contributed by atoms with Crippen LogP contribution in [0.2, 0.25) is 0 Å². The van der Waals surface area contributed by atoms with E-state index in [2.05, 4.69) is 33.4 Å². The highest BCUT2D eigenvalue weighted by Gasteiger charge is 2.29. The minimum atomic E-state index is -0.0271. The van der Waals surface area contributed by atoms with Gasteiger partial charge in [-0.3, -0.25) is 14.6 Å². The number of benzene rings is 2. The average molecular weight is 469 g/mol. The molecule has 6 nitrogen and oxygen atoms in total. The predicted octanol–water partition coefficient (Wildman–Crippen LogP) is 4.87. The van der Waals surface area contributed by atoms with Crippen molar-refractivity contribution in [2.75, 3.05) is 36.4 Å². The Bertz CT molecular complexity index is 1170. The number of piperidine rings is 1. The molecule has 0 radical (unpaired) electrons. The Morgan fingerprint density at radius 1 is 0.886 bits per heavy atom. The lowest BCUT2D eigenvalue weighted by atomic mass is 9.89. The van der Waals surface area contributed by atoms with Crippen LogP contribution < -0.4 is 10.2 Å². The van der Waals surface area contributed by atoms with Gasteiger partial charge in [0.15, 0.2) is 0 Å². The molecule has 0 bridgehead atoms. The first-order valence-corrected chi connectivity index (χ1v) is 12.5. The third kappa shape index (κ3) is 5.21. The molecular formula is C29H32N4O2. The van der Waals surface area contributed by atoms with Gasteiger partial charge in [0.1, 0.15) is 0 Å². The van der Waals surface area contributed by atoms with Gasteiger partial charge in [-0.05, 0) is 74.1 Å². The summed E-state index contributed by atoms with van der Waals surface area (Å²) in [6.07, 6.45) is 4.56. The van der Waals surface area contributed by atoms with Crippen LogP contribution in [0.3, 0.4) is 0 Å². The van der Waals surface area contributed by atoms with Crippen LogP contribution >= 0.6 is 0 Å². The van der Waals surface area contributed by atoms with E-state index >= 15 is 0 Å². The smallest absolute Gasteiger partial charge is 0.253 e. The Hall–Kier alpha value is -3.67. The fraction of sp³-hybridized carbons (Fsp3) is 0.345. The Kier molecular flexibility index (Phi) is 6.80. The fourth-order valence-corrected chi connectivity index (χ4v) is 5.27. The minimum Gasteiger partial charge on any atom is -0.369 e. The summed E-state index contributed by atoms with van der Waals surface area (Å²) in [4.78, 5) is 34.2. The lowest BCUT2D eigenvalue weighted by Gasteiger charge is -2.32. The molecule has 2 aliphatic rings. The summed E-state index contributed by atoms with van der Waals surface area (Å²) in [6, 6.07) is 21.8. The van der Waals surface area contributed by atoms with Crippen molar-refractivity contribution >= 4 is 23.2 Å². The fourth-order valence-electron chi connectivity index (χ4n) is 5.27. The van der Waals surface area contributed by atoms with Crippen molar-refractivity contribution in [2.24, 2.45) is 5.92 Å². The van der Waals surface area contributed by atoms with E-state index in [1.54, 1.807) is 6.20 Å². The van der Waals surface area contributed by atoms with Crippen LogP contribution in [0.4, 0.5) is 11.4 Å². The molecule has 1 N–H and O–H groups in total. The van der Waals surface area contributed by atoms with E-state index in [-0.39, 0.29) is 17.7 Å². The number of hydrogen-bond acceptors (Lipinski definition) is 4. The van der Waals surface area contributed by atoms with E-state index in [1.807, 2.05) is 60.4 Å². The van der Waals surface area contributed by atoms with E-state index in [1.165, 1.54) is 5.56 Å². The standard InChI is InChI=1S/C29H32N4O2/c1-21-27(8-5-16-30-21)33-19-15-25(20-33)28(34)31-26-11-9-22(10-12-26)23-13-17-32(18-14-23)29(35)24-6-3-2-4-7-24/h2-12,16,23,25H,13-15,17-20H2,1H3,(H,31,34). The highest BCUT2D eigenvalue weighted by atomic mass is 16.2. The van der Waals surface area contributed by atoms with E-state index in [4.69, 9.17) is 0 Å². The van der Waals surface area contributed by atoms with Crippen LogP contribution in [0.5, 0.6) is 0 Å². The van der Waals surface area contributed by atoms with Crippen molar-refractivity contribution in [3.8, 4) is 0 Å². The molecule has 35 heavy (non-hydrogen) atoms. The number of likely N-dealkylation sites (tertiary alicyclic amines) is 1. The van der Waals surface area contributed by atoms with E-state index in [9.17, 15) is 9.59 Å². The van der Waals surface area contributed by atoms with Gasteiger partial charge in [0.2, 0.25) is 5.91 Å². The Morgan fingerprint density at radius 3 is 2.34 bits per heavy atom. The lowest BCUT2D eigenvalue weighted by Crippen LogP contribution is -2.37. The van der Waals surface area contributed by atoms with Gasteiger partial charge < -0.3 is 15.1 Å². The molecule has 1 atom stereocenters. The van der Waals surface area contributed by atoms with Crippen molar-refractivity contribution in [3.05, 3.63) is 89.7 Å². The molecule has 2 fully saturated rings. The topological polar surface area (TPSA) is 65.5 Å². The van der Waals surface area contributed by atoms with Crippen molar-refractivity contribution in [1.82, 2.24) is 9.88 Å². The van der Waals surface area contributed by atoms with Crippen molar-refractivity contribution in [1.29, 1.82) is 0 Å². The first kappa shape index (κ1) is 23.1. The van der Waals surface area contributed by atoms with Gasteiger partial charge in [-0.1, -0.05) is 30.3 Å². The van der Waals surface area contributed by atoms with E-state index < -0.39 is 0 Å². The molecule has 0 saturated carbocycles. The number of aromatic nitrogens is 1. The van der Waals surface area contributed by atoms with Gasteiger partial charge in [-0.15, -0.1) is 0 Å². The second-order valence-electron chi connectivity index (χ2n) is 9.58. The van der Waals surface area contributed by atoms with Crippen LogP contribution in [-0.2, 0) is 4.79 Å². The summed E-state index contributed by atoms with van der Waals surface area (Å²) in [5, 5.41) is 3.11. The monoisotopic (exact) mass is 468 g/mol. The predicted molar refractivity (Wildman–Crippen MR) is 139 cm³/mol. The summed E-state index contributed by atoms with van der Waals surface area (Å²) in [7, 11) is 0. The second kappa shape index (κ2) is 10.3. The summed E-state index contributed by atoms with van der Waals surface area (Å²) in [6.45, 7) is 5.14. The number of rotatable bonds is 5. The van der Waals surface area contributed by atoms with Gasteiger partial charge in [0, 0.05) is 43.6 Å². The van der Waals surface area contributed by atoms with Gasteiger partial charge in [-0.2, -0.15) is 0 Å². The van der Waals surface area contributed by atoms with Crippen LogP contribution in [0.1, 0.15) is 46.8 Å². The number of nitrogens with zero attached hydrogens (tertiary/aromatic N) is 3. The average Bonchev–Trinajstić information content (AvgIpc) is 3.40. The molecule has 2 amide bonds. The molecule has 1 aromatic heterocycles.